The molecule has 1 heterocycles. The van der Waals surface area contributed by atoms with E-state index in [1.165, 1.54) is 4.90 Å². The van der Waals surface area contributed by atoms with E-state index in [0.29, 0.717) is 6.42 Å². The number of allylic oxidation sites excluding steroid dienone is 2. The monoisotopic (exact) mass is 366 g/mol. The van der Waals surface area contributed by atoms with Crippen LogP contribution in [0.15, 0.2) is 30.4 Å². The van der Waals surface area contributed by atoms with Gasteiger partial charge in [0.25, 0.3) is 0 Å². The number of fused-ring (bicyclic) bond motifs is 1. The van der Waals surface area contributed by atoms with Crippen LogP contribution in [0.4, 0.5) is 5.69 Å². The number of hydrogen-bond donors (Lipinski definition) is 1. The first-order valence-corrected chi connectivity index (χ1v) is 9.85. The minimum absolute atomic E-state index is 0.140. The first-order chi connectivity index (χ1) is 12.9. The predicted molar refractivity (Wildman–Crippen MR) is 103 cm³/mol. The van der Waals surface area contributed by atoms with Gasteiger partial charge in [-0.3, -0.25) is 19.3 Å². The first-order valence-electron chi connectivity index (χ1n) is 9.85. The molecule has 1 aromatic rings. The molecule has 1 aliphatic heterocycles. The van der Waals surface area contributed by atoms with Crippen molar-refractivity contribution in [2.24, 2.45) is 23.7 Å². The minimum Gasteiger partial charge on any atom is -0.324 e. The van der Waals surface area contributed by atoms with E-state index < -0.39 is 6.04 Å². The van der Waals surface area contributed by atoms with Crippen molar-refractivity contribution in [2.75, 3.05) is 5.32 Å². The zero-order valence-electron chi connectivity index (χ0n) is 16.1. The highest BCUT2D eigenvalue weighted by Gasteiger charge is 2.58. The van der Waals surface area contributed by atoms with E-state index in [4.69, 9.17) is 0 Å². The molecule has 0 unspecified atom stereocenters. The van der Waals surface area contributed by atoms with Crippen molar-refractivity contribution in [2.45, 2.75) is 46.1 Å². The number of anilines is 1. The number of imide groups is 1. The molecule has 27 heavy (non-hydrogen) atoms. The molecule has 2 fully saturated rings. The molecule has 5 atom stereocenters. The zero-order chi connectivity index (χ0) is 19.3. The Balaban J connectivity index is 1.58. The first kappa shape index (κ1) is 18.0. The van der Waals surface area contributed by atoms with Gasteiger partial charge in [-0.25, -0.2) is 0 Å². The van der Waals surface area contributed by atoms with Gasteiger partial charge in [0.15, 0.2) is 0 Å². The van der Waals surface area contributed by atoms with Crippen molar-refractivity contribution in [3.8, 4) is 0 Å². The fourth-order valence-electron chi connectivity index (χ4n) is 5.06. The van der Waals surface area contributed by atoms with Crippen LogP contribution in [0.25, 0.3) is 0 Å². The average molecular weight is 366 g/mol. The molecule has 0 aromatic heterocycles. The molecule has 4 aliphatic rings. The largest absolute Gasteiger partial charge is 0.324 e. The fraction of sp³-hybridized carbons (Fsp3) is 0.500. The molecule has 1 saturated carbocycles. The second kappa shape index (κ2) is 6.63. The third kappa shape index (κ3) is 2.80. The van der Waals surface area contributed by atoms with E-state index in [2.05, 4.69) is 17.5 Å². The highest BCUT2D eigenvalue weighted by molar-refractivity contribution is 6.10. The number of aryl methyl sites for hydroxylation is 2. The van der Waals surface area contributed by atoms with E-state index in [9.17, 15) is 14.4 Å². The molecular weight excluding hydrogens is 340 g/mol. The molecular formula is C22H26N2O3. The van der Waals surface area contributed by atoms with Gasteiger partial charge in [-0.2, -0.15) is 0 Å². The lowest BCUT2D eigenvalue weighted by atomic mass is 9.63. The minimum atomic E-state index is -0.754. The summed E-state index contributed by atoms with van der Waals surface area (Å²) >= 11 is 0. The molecule has 2 bridgehead atoms. The molecule has 0 radical (unpaired) electrons. The smallest absolute Gasteiger partial charge is 0.247 e. The van der Waals surface area contributed by atoms with Crippen LogP contribution in [0, 0.1) is 37.5 Å². The average Bonchev–Trinajstić information content (AvgIpc) is 2.93. The summed E-state index contributed by atoms with van der Waals surface area (Å²) in [5.74, 6) is -0.875. The SMILES string of the molecule is CC[C@H](C(=O)Nc1ccc(C)cc1C)N1C(=O)[C@H]2[C@H](C1=O)[C@H]1C=C[C@H]2CC1. The van der Waals surface area contributed by atoms with Crippen LogP contribution in [0.3, 0.4) is 0 Å². The summed E-state index contributed by atoms with van der Waals surface area (Å²) in [6.07, 6.45) is 6.53. The standard InChI is InChI=1S/C22H26N2O3/c1-4-17(20(25)23-16-10-5-12(2)11-13(16)3)24-21(26)18-14-6-7-15(9-8-14)19(18)22(24)27/h5-7,10-11,14-15,17-19H,4,8-9H2,1-3H3,(H,23,25)/t14-,15-,17+,18+,19+/m0/s1. The number of nitrogens with zero attached hydrogens (tertiary/aromatic N) is 1. The van der Waals surface area contributed by atoms with Crippen molar-refractivity contribution in [3.63, 3.8) is 0 Å². The van der Waals surface area contributed by atoms with Gasteiger partial charge in [0.1, 0.15) is 6.04 Å². The number of amides is 3. The van der Waals surface area contributed by atoms with Gasteiger partial charge >= 0.3 is 0 Å². The second-order valence-electron chi connectivity index (χ2n) is 8.12. The van der Waals surface area contributed by atoms with E-state index in [1.54, 1.807) is 0 Å². The van der Waals surface area contributed by atoms with E-state index in [0.717, 1.165) is 29.7 Å². The van der Waals surface area contributed by atoms with Crippen LogP contribution in [0.1, 0.15) is 37.3 Å². The Hall–Kier alpha value is -2.43. The van der Waals surface area contributed by atoms with Crippen molar-refractivity contribution >= 4 is 23.4 Å². The quantitative estimate of drug-likeness (QED) is 0.657. The topological polar surface area (TPSA) is 66.5 Å². The molecule has 5 rings (SSSR count). The zero-order valence-corrected chi connectivity index (χ0v) is 16.1. The summed E-state index contributed by atoms with van der Waals surface area (Å²) in [7, 11) is 0. The maximum absolute atomic E-state index is 13.1. The molecule has 1 N–H and O–H groups in total. The van der Waals surface area contributed by atoms with E-state index in [-0.39, 0.29) is 41.4 Å². The predicted octanol–water partition coefficient (Wildman–Crippen LogP) is 3.22. The summed E-state index contributed by atoms with van der Waals surface area (Å²) in [5, 5.41) is 2.93. The van der Waals surface area contributed by atoms with Gasteiger partial charge in [-0.15, -0.1) is 0 Å². The van der Waals surface area contributed by atoms with Crippen LogP contribution in [-0.4, -0.2) is 28.7 Å². The Morgan fingerprint density at radius 3 is 2.19 bits per heavy atom. The highest BCUT2D eigenvalue weighted by atomic mass is 16.2. The molecule has 3 aliphatic carbocycles. The van der Waals surface area contributed by atoms with Crippen molar-refractivity contribution in [1.29, 1.82) is 0 Å². The normalized spacial score (nSPS) is 29.8. The molecule has 5 heteroatoms. The van der Waals surface area contributed by atoms with Gasteiger partial charge in [0.05, 0.1) is 11.8 Å². The summed E-state index contributed by atoms with van der Waals surface area (Å²) < 4.78 is 0. The van der Waals surface area contributed by atoms with Crippen LogP contribution >= 0.6 is 0 Å². The van der Waals surface area contributed by atoms with Gasteiger partial charge < -0.3 is 5.32 Å². The fourth-order valence-corrected chi connectivity index (χ4v) is 5.06. The Labute approximate surface area is 159 Å². The van der Waals surface area contributed by atoms with Crippen LogP contribution in [0.2, 0.25) is 0 Å². The van der Waals surface area contributed by atoms with Crippen LogP contribution < -0.4 is 5.32 Å². The summed E-state index contributed by atoms with van der Waals surface area (Å²) in [4.78, 5) is 40.4. The van der Waals surface area contributed by atoms with Crippen molar-refractivity contribution < 1.29 is 14.4 Å². The Kier molecular flexibility index (Phi) is 4.41. The molecule has 0 spiro atoms. The number of likely N-dealkylation sites (tertiary alicyclic amines) is 1. The number of carbonyl (C=O) groups excluding carboxylic acids is 3. The molecule has 142 valence electrons. The van der Waals surface area contributed by atoms with Gasteiger partial charge in [-0.1, -0.05) is 36.8 Å². The third-order valence-corrected chi connectivity index (χ3v) is 6.43. The van der Waals surface area contributed by atoms with Gasteiger partial charge in [0, 0.05) is 5.69 Å². The maximum Gasteiger partial charge on any atom is 0.247 e. The van der Waals surface area contributed by atoms with E-state index in [1.807, 2.05) is 39.0 Å². The Morgan fingerprint density at radius 1 is 1.11 bits per heavy atom. The molecule has 1 aromatic carbocycles. The second-order valence-corrected chi connectivity index (χ2v) is 8.12. The highest BCUT2D eigenvalue weighted by Crippen LogP contribution is 2.50. The Bertz CT molecular complexity index is 812. The van der Waals surface area contributed by atoms with Crippen LogP contribution in [0.5, 0.6) is 0 Å². The number of benzene rings is 1. The van der Waals surface area contributed by atoms with Crippen LogP contribution in [-0.2, 0) is 14.4 Å². The number of rotatable bonds is 4. The Morgan fingerprint density at radius 2 is 1.70 bits per heavy atom. The summed E-state index contributed by atoms with van der Waals surface area (Å²) in [5.41, 5.74) is 2.81. The summed E-state index contributed by atoms with van der Waals surface area (Å²) in [6, 6.07) is 5.05. The third-order valence-electron chi connectivity index (χ3n) is 6.43. The maximum atomic E-state index is 13.1. The van der Waals surface area contributed by atoms with Crippen molar-refractivity contribution in [3.05, 3.63) is 41.5 Å². The lowest BCUT2D eigenvalue weighted by molar-refractivity contribution is -0.146. The number of nitrogens with one attached hydrogen (secondary N) is 1. The summed E-state index contributed by atoms with van der Waals surface area (Å²) in [6.45, 7) is 5.79. The van der Waals surface area contributed by atoms with E-state index >= 15 is 0 Å². The number of carbonyl (C=O) groups is 3. The van der Waals surface area contributed by atoms with Gasteiger partial charge in [0.2, 0.25) is 17.7 Å². The van der Waals surface area contributed by atoms with Gasteiger partial charge in [-0.05, 0) is 56.6 Å². The van der Waals surface area contributed by atoms with Crippen molar-refractivity contribution in [1.82, 2.24) is 4.90 Å². The molecule has 3 amide bonds. The molecule has 1 saturated heterocycles. The lowest BCUT2D eigenvalue weighted by Crippen LogP contribution is -2.47. The lowest BCUT2D eigenvalue weighted by Gasteiger charge is -2.38. The number of hydrogen-bond acceptors (Lipinski definition) is 3. The molecule has 5 nitrogen and oxygen atoms in total.